The van der Waals surface area contributed by atoms with Crippen LogP contribution in [0.5, 0.6) is 5.75 Å². The summed E-state index contributed by atoms with van der Waals surface area (Å²) in [6.07, 6.45) is -4.80. The van der Waals surface area contributed by atoms with Crippen molar-refractivity contribution in [3.05, 3.63) is 35.9 Å². The molecular formula is C13H11F5O2. The Kier molecular flexibility index (Phi) is 4.86. The van der Waals surface area contributed by atoms with Gasteiger partial charge in [-0.1, -0.05) is 18.2 Å². The molecule has 0 atom stereocenters. The van der Waals surface area contributed by atoms with Crippen LogP contribution in [0.4, 0.5) is 22.0 Å². The molecule has 0 radical (unpaired) electrons. The Labute approximate surface area is 111 Å². The Morgan fingerprint density at radius 1 is 1.15 bits per heavy atom. The largest absolute Gasteiger partial charge is 0.494 e. The number of allylic oxidation sites excluding steroid dienone is 1. The van der Waals surface area contributed by atoms with Crippen molar-refractivity contribution in [3.63, 3.8) is 0 Å². The maximum atomic E-state index is 12.6. The normalized spacial score (nSPS) is 12.7. The minimum absolute atomic E-state index is 0.211. The summed E-state index contributed by atoms with van der Waals surface area (Å²) >= 11 is 0. The zero-order chi connectivity index (χ0) is 15.4. The summed E-state index contributed by atoms with van der Waals surface area (Å²) in [7, 11) is 0. The van der Waals surface area contributed by atoms with Gasteiger partial charge in [-0.2, -0.15) is 22.0 Å². The first-order valence-electron chi connectivity index (χ1n) is 5.58. The van der Waals surface area contributed by atoms with E-state index in [1.165, 1.54) is 24.3 Å². The third-order valence-electron chi connectivity index (χ3n) is 2.28. The molecule has 2 nitrogen and oxygen atoms in total. The fourth-order valence-corrected chi connectivity index (χ4v) is 1.26. The van der Waals surface area contributed by atoms with Crippen LogP contribution in [0.3, 0.4) is 0 Å². The minimum Gasteiger partial charge on any atom is -0.494 e. The van der Waals surface area contributed by atoms with Gasteiger partial charge in [0.05, 0.1) is 6.61 Å². The summed E-state index contributed by atoms with van der Waals surface area (Å²) < 4.78 is 66.2. The molecule has 0 spiro atoms. The van der Waals surface area contributed by atoms with E-state index < -0.39 is 17.9 Å². The van der Waals surface area contributed by atoms with Gasteiger partial charge >= 0.3 is 12.1 Å². The van der Waals surface area contributed by atoms with Crippen LogP contribution in [0.2, 0.25) is 0 Å². The van der Waals surface area contributed by atoms with Crippen molar-refractivity contribution in [3.8, 4) is 5.75 Å². The highest BCUT2D eigenvalue weighted by molar-refractivity contribution is 5.99. The summed E-state index contributed by atoms with van der Waals surface area (Å²) in [5.74, 6) is -7.16. The van der Waals surface area contributed by atoms with Crippen LogP contribution >= 0.6 is 0 Å². The standard InChI is InChI=1S/C13H11F5O2/c1-2-20-10-6-3-9(4-7-10)5-8-11(19)12(14,15)13(16,17)18/h3-8H,2H2,1H3/b8-5+. The molecule has 0 aliphatic carbocycles. The molecule has 1 rings (SSSR count). The molecule has 0 amide bonds. The van der Waals surface area contributed by atoms with E-state index in [-0.39, 0.29) is 6.08 Å². The number of benzene rings is 1. The van der Waals surface area contributed by atoms with Gasteiger partial charge in [0.25, 0.3) is 0 Å². The maximum Gasteiger partial charge on any atom is 0.461 e. The van der Waals surface area contributed by atoms with Crippen molar-refractivity contribution in [1.82, 2.24) is 0 Å². The van der Waals surface area contributed by atoms with Crippen molar-refractivity contribution in [2.45, 2.75) is 19.0 Å². The lowest BCUT2D eigenvalue weighted by Crippen LogP contribution is -2.43. The molecule has 0 aliphatic heterocycles. The average molecular weight is 294 g/mol. The second kappa shape index (κ2) is 6.02. The quantitative estimate of drug-likeness (QED) is 0.609. The number of ketones is 1. The molecule has 0 heterocycles. The molecule has 0 saturated heterocycles. The van der Waals surface area contributed by atoms with Crippen LogP contribution in [0.1, 0.15) is 12.5 Å². The highest BCUT2D eigenvalue weighted by Crippen LogP contribution is 2.36. The number of alkyl halides is 5. The molecular weight excluding hydrogens is 283 g/mol. The lowest BCUT2D eigenvalue weighted by atomic mass is 10.1. The number of rotatable bonds is 5. The van der Waals surface area contributed by atoms with E-state index in [2.05, 4.69) is 0 Å². The highest BCUT2D eigenvalue weighted by Gasteiger charge is 2.62. The van der Waals surface area contributed by atoms with Gasteiger partial charge in [-0.15, -0.1) is 0 Å². The van der Waals surface area contributed by atoms with Gasteiger partial charge in [-0.3, -0.25) is 4.79 Å². The molecule has 110 valence electrons. The second-order valence-corrected chi connectivity index (χ2v) is 3.77. The first kappa shape index (κ1) is 16.1. The Hall–Kier alpha value is -1.92. The monoisotopic (exact) mass is 294 g/mol. The van der Waals surface area contributed by atoms with Gasteiger partial charge in [-0.25, -0.2) is 0 Å². The Balaban J connectivity index is 2.80. The van der Waals surface area contributed by atoms with Crippen LogP contribution in [-0.2, 0) is 4.79 Å². The third kappa shape index (κ3) is 3.79. The van der Waals surface area contributed by atoms with E-state index in [1.807, 2.05) is 0 Å². The Bertz CT molecular complexity index is 488. The van der Waals surface area contributed by atoms with E-state index in [0.717, 1.165) is 6.08 Å². The lowest BCUT2D eigenvalue weighted by Gasteiger charge is -2.15. The van der Waals surface area contributed by atoms with Gasteiger partial charge in [-0.05, 0) is 30.7 Å². The number of hydrogen-bond acceptors (Lipinski definition) is 2. The summed E-state index contributed by atoms with van der Waals surface area (Å²) in [4.78, 5) is 10.9. The summed E-state index contributed by atoms with van der Waals surface area (Å²) in [6, 6.07) is 5.88. The van der Waals surface area contributed by atoms with Gasteiger partial charge in [0.2, 0.25) is 5.78 Å². The molecule has 0 unspecified atom stereocenters. The second-order valence-electron chi connectivity index (χ2n) is 3.77. The molecule has 7 heteroatoms. The number of hydrogen-bond donors (Lipinski definition) is 0. The Morgan fingerprint density at radius 2 is 1.70 bits per heavy atom. The van der Waals surface area contributed by atoms with Gasteiger partial charge < -0.3 is 4.74 Å². The van der Waals surface area contributed by atoms with E-state index in [1.54, 1.807) is 6.92 Å². The molecule has 20 heavy (non-hydrogen) atoms. The predicted molar refractivity (Wildman–Crippen MR) is 62.7 cm³/mol. The van der Waals surface area contributed by atoms with E-state index in [4.69, 9.17) is 4.74 Å². The van der Waals surface area contributed by atoms with Gasteiger partial charge in [0.1, 0.15) is 5.75 Å². The van der Waals surface area contributed by atoms with Crippen LogP contribution < -0.4 is 4.74 Å². The van der Waals surface area contributed by atoms with Gasteiger partial charge in [0.15, 0.2) is 0 Å². The number of carbonyl (C=O) groups excluding carboxylic acids is 1. The molecule has 1 aromatic rings. The van der Waals surface area contributed by atoms with E-state index in [9.17, 15) is 26.7 Å². The van der Waals surface area contributed by atoms with E-state index >= 15 is 0 Å². The van der Waals surface area contributed by atoms with Gasteiger partial charge in [0, 0.05) is 0 Å². The molecule has 0 saturated carbocycles. The van der Waals surface area contributed by atoms with Crippen LogP contribution in [-0.4, -0.2) is 24.5 Å². The Morgan fingerprint density at radius 3 is 2.15 bits per heavy atom. The zero-order valence-corrected chi connectivity index (χ0v) is 10.4. The van der Waals surface area contributed by atoms with E-state index in [0.29, 0.717) is 17.9 Å². The molecule has 1 aromatic carbocycles. The average Bonchev–Trinajstić information content (AvgIpc) is 2.36. The molecule has 0 N–H and O–H groups in total. The van der Waals surface area contributed by atoms with Crippen molar-refractivity contribution >= 4 is 11.9 Å². The summed E-state index contributed by atoms with van der Waals surface area (Å²) in [5, 5.41) is 0. The molecule has 0 fully saturated rings. The summed E-state index contributed by atoms with van der Waals surface area (Å²) in [5.41, 5.74) is 0.305. The number of ether oxygens (including phenoxy) is 1. The summed E-state index contributed by atoms with van der Waals surface area (Å²) in [6.45, 7) is 2.21. The third-order valence-corrected chi connectivity index (χ3v) is 2.28. The topological polar surface area (TPSA) is 26.3 Å². The smallest absolute Gasteiger partial charge is 0.461 e. The van der Waals surface area contributed by atoms with Crippen molar-refractivity contribution in [1.29, 1.82) is 0 Å². The first-order chi connectivity index (χ1) is 9.18. The SMILES string of the molecule is CCOc1ccc(/C=C/C(=O)C(F)(F)C(F)(F)F)cc1. The lowest BCUT2D eigenvalue weighted by molar-refractivity contribution is -0.266. The zero-order valence-electron chi connectivity index (χ0n) is 10.4. The predicted octanol–water partition coefficient (Wildman–Crippen LogP) is 3.87. The van der Waals surface area contributed by atoms with Crippen molar-refractivity contribution in [2.24, 2.45) is 0 Å². The number of carbonyl (C=O) groups is 1. The maximum absolute atomic E-state index is 12.6. The molecule has 0 bridgehead atoms. The van der Waals surface area contributed by atoms with Crippen molar-refractivity contribution in [2.75, 3.05) is 6.61 Å². The number of halogens is 5. The van der Waals surface area contributed by atoms with Crippen LogP contribution in [0, 0.1) is 0 Å². The molecule has 0 aliphatic rings. The van der Waals surface area contributed by atoms with Crippen LogP contribution in [0.25, 0.3) is 6.08 Å². The van der Waals surface area contributed by atoms with Crippen LogP contribution in [0.15, 0.2) is 30.3 Å². The molecule has 0 aromatic heterocycles. The van der Waals surface area contributed by atoms with Crippen molar-refractivity contribution < 1.29 is 31.5 Å². The first-order valence-corrected chi connectivity index (χ1v) is 5.58. The highest BCUT2D eigenvalue weighted by atomic mass is 19.4. The fraction of sp³-hybridized carbons (Fsp3) is 0.308. The fourth-order valence-electron chi connectivity index (χ4n) is 1.26. The minimum atomic E-state index is -5.90.